The van der Waals surface area contributed by atoms with E-state index in [0.717, 1.165) is 37.7 Å². The lowest BCUT2D eigenvalue weighted by molar-refractivity contribution is 0.0774. The van der Waals surface area contributed by atoms with E-state index in [4.69, 9.17) is 30.5 Å². The van der Waals surface area contributed by atoms with E-state index in [1.807, 2.05) is 12.1 Å². The first-order valence-electron chi connectivity index (χ1n) is 11.7. The van der Waals surface area contributed by atoms with Gasteiger partial charge in [-0.15, -0.1) is 0 Å². The molecule has 2 atom stereocenters. The summed E-state index contributed by atoms with van der Waals surface area (Å²) >= 11 is 6.00. The number of nitrogens with zero attached hydrogens (tertiary/aromatic N) is 2. The SMILES string of the molecule is COc1cc(NC(=O)NC2COCC2N2CCN(Cc3ccc(Cl)cc3)CC2)cc(OC)c1OC. The van der Waals surface area contributed by atoms with Gasteiger partial charge in [0, 0.05) is 49.9 Å². The summed E-state index contributed by atoms with van der Waals surface area (Å²) < 4.78 is 21.8. The summed E-state index contributed by atoms with van der Waals surface area (Å²) in [5, 5.41) is 6.71. The van der Waals surface area contributed by atoms with E-state index in [2.05, 4.69) is 32.6 Å². The number of piperazine rings is 1. The Morgan fingerprint density at radius 3 is 2.26 bits per heavy atom. The van der Waals surface area contributed by atoms with Crippen molar-refractivity contribution in [3.8, 4) is 17.2 Å². The van der Waals surface area contributed by atoms with E-state index in [-0.39, 0.29) is 18.1 Å². The number of rotatable bonds is 8. The Hall–Kier alpha value is -2.72. The van der Waals surface area contributed by atoms with Crippen molar-refractivity contribution in [3.05, 3.63) is 47.0 Å². The van der Waals surface area contributed by atoms with Gasteiger partial charge in [-0.1, -0.05) is 23.7 Å². The van der Waals surface area contributed by atoms with Gasteiger partial charge in [0.25, 0.3) is 0 Å². The van der Waals surface area contributed by atoms with Gasteiger partial charge in [-0.25, -0.2) is 4.79 Å². The zero-order chi connectivity index (χ0) is 24.8. The van der Waals surface area contributed by atoms with Gasteiger partial charge in [0.1, 0.15) is 0 Å². The molecule has 0 aromatic heterocycles. The van der Waals surface area contributed by atoms with Crippen molar-refractivity contribution in [1.82, 2.24) is 15.1 Å². The third kappa shape index (κ3) is 6.29. The second-order valence-electron chi connectivity index (χ2n) is 8.66. The standard InChI is InChI=1S/C25H33ClN4O5/c1-32-22-12-19(13-23(33-2)24(22)34-3)27-25(31)28-20-15-35-16-21(20)30-10-8-29(9-11-30)14-17-4-6-18(26)7-5-17/h4-7,12-13,20-21H,8-11,14-16H2,1-3H3,(H2,27,28,31). The van der Waals surface area contributed by atoms with Crippen LogP contribution in [0.1, 0.15) is 5.56 Å². The minimum Gasteiger partial charge on any atom is -0.493 e. The Balaban J connectivity index is 1.31. The Kier molecular flexibility index (Phi) is 8.56. The first kappa shape index (κ1) is 25.4. The molecule has 2 unspecified atom stereocenters. The largest absolute Gasteiger partial charge is 0.493 e. The third-order valence-corrected chi connectivity index (χ3v) is 6.74. The molecule has 4 rings (SSSR count). The lowest BCUT2D eigenvalue weighted by Gasteiger charge is -2.39. The van der Waals surface area contributed by atoms with Crippen molar-refractivity contribution in [2.45, 2.75) is 18.6 Å². The number of hydrogen-bond donors (Lipinski definition) is 2. The van der Waals surface area contributed by atoms with Crippen LogP contribution < -0.4 is 24.8 Å². The predicted molar refractivity (Wildman–Crippen MR) is 135 cm³/mol. The first-order chi connectivity index (χ1) is 17.0. The summed E-state index contributed by atoms with van der Waals surface area (Å²) in [6.07, 6.45) is 0. The number of anilines is 1. The molecule has 0 saturated carbocycles. The number of methoxy groups -OCH3 is 3. The molecular formula is C25H33ClN4O5. The molecule has 190 valence electrons. The Bertz CT molecular complexity index is 973. The van der Waals surface area contributed by atoms with Crippen LogP contribution in [-0.4, -0.2) is 88.6 Å². The maximum absolute atomic E-state index is 12.8. The summed E-state index contributed by atoms with van der Waals surface area (Å²) in [5.74, 6) is 1.42. The van der Waals surface area contributed by atoms with Crippen LogP contribution in [-0.2, 0) is 11.3 Å². The molecule has 2 fully saturated rings. The van der Waals surface area contributed by atoms with Gasteiger partial charge in [-0.3, -0.25) is 9.80 Å². The number of carbonyl (C=O) groups is 1. The molecule has 9 nitrogen and oxygen atoms in total. The first-order valence-corrected chi connectivity index (χ1v) is 12.0. The molecule has 2 N–H and O–H groups in total. The van der Waals surface area contributed by atoms with Gasteiger partial charge >= 0.3 is 6.03 Å². The average molecular weight is 505 g/mol. The number of benzene rings is 2. The number of urea groups is 1. The fraction of sp³-hybridized carbons (Fsp3) is 0.480. The summed E-state index contributed by atoms with van der Waals surface area (Å²) in [6.45, 7) is 5.77. The zero-order valence-corrected chi connectivity index (χ0v) is 21.1. The normalized spacial score (nSPS) is 20.9. The number of halogens is 1. The quantitative estimate of drug-likeness (QED) is 0.571. The van der Waals surface area contributed by atoms with Gasteiger partial charge in [-0.05, 0) is 17.7 Å². The highest BCUT2D eigenvalue weighted by Crippen LogP contribution is 2.39. The molecule has 2 saturated heterocycles. The van der Waals surface area contributed by atoms with E-state index in [0.29, 0.717) is 36.1 Å². The van der Waals surface area contributed by atoms with Crippen molar-refractivity contribution in [1.29, 1.82) is 0 Å². The second-order valence-corrected chi connectivity index (χ2v) is 9.10. The van der Waals surface area contributed by atoms with Crippen LogP contribution in [0.4, 0.5) is 10.5 Å². The molecule has 0 aliphatic carbocycles. The lowest BCUT2D eigenvalue weighted by atomic mass is 10.1. The average Bonchev–Trinajstić information content (AvgIpc) is 3.33. The highest BCUT2D eigenvalue weighted by atomic mass is 35.5. The highest BCUT2D eigenvalue weighted by molar-refractivity contribution is 6.30. The molecule has 0 spiro atoms. The Labute approximate surface area is 211 Å². The van der Waals surface area contributed by atoms with Crippen LogP contribution in [0, 0.1) is 0 Å². The molecule has 2 aromatic carbocycles. The molecule has 0 radical (unpaired) electrons. The Morgan fingerprint density at radius 1 is 1.00 bits per heavy atom. The maximum Gasteiger partial charge on any atom is 0.319 e. The highest BCUT2D eigenvalue weighted by Gasteiger charge is 2.35. The molecule has 2 amide bonds. The topological polar surface area (TPSA) is 84.5 Å². The van der Waals surface area contributed by atoms with Crippen molar-refractivity contribution in [2.75, 3.05) is 66.0 Å². The van der Waals surface area contributed by atoms with Crippen LogP contribution in [0.2, 0.25) is 5.02 Å². The molecule has 2 aliphatic rings. The van der Waals surface area contributed by atoms with E-state index >= 15 is 0 Å². The van der Waals surface area contributed by atoms with Crippen LogP contribution in [0.3, 0.4) is 0 Å². The van der Waals surface area contributed by atoms with Crippen LogP contribution in [0.15, 0.2) is 36.4 Å². The van der Waals surface area contributed by atoms with Crippen molar-refractivity contribution >= 4 is 23.3 Å². The third-order valence-electron chi connectivity index (χ3n) is 6.48. The summed E-state index contributed by atoms with van der Waals surface area (Å²) in [6, 6.07) is 11.1. The Morgan fingerprint density at radius 2 is 1.66 bits per heavy atom. The monoisotopic (exact) mass is 504 g/mol. The zero-order valence-electron chi connectivity index (χ0n) is 20.4. The van der Waals surface area contributed by atoms with Gasteiger partial charge in [0.2, 0.25) is 5.75 Å². The van der Waals surface area contributed by atoms with Crippen LogP contribution in [0.25, 0.3) is 0 Å². The van der Waals surface area contributed by atoms with Gasteiger partial charge in [-0.2, -0.15) is 0 Å². The minimum absolute atomic E-state index is 0.0974. The van der Waals surface area contributed by atoms with E-state index < -0.39 is 0 Å². The molecule has 0 bridgehead atoms. The molecule has 35 heavy (non-hydrogen) atoms. The number of hydrogen-bond acceptors (Lipinski definition) is 7. The second kappa shape index (κ2) is 11.8. The predicted octanol–water partition coefficient (Wildman–Crippen LogP) is 3.07. The summed E-state index contributed by atoms with van der Waals surface area (Å²) in [4.78, 5) is 17.7. The molecule has 2 heterocycles. The number of ether oxygens (including phenoxy) is 4. The lowest BCUT2D eigenvalue weighted by Crippen LogP contribution is -2.57. The molecule has 2 aliphatic heterocycles. The number of carbonyl (C=O) groups excluding carboxylic acids is 1. The molecule has 10 heteroatoms. The fourth-order valence-electron chi connectivity index (χ4n) is 4.63. The molecular weight excluding hydrogens is 472 g/mol. The fourth-order valence-corrected chi connectivity index (χ4v) is 4.76. The van der Waals surface area contributed by atoms with Gasteiger partial charge in [0.05, 0.1) is 52.3 Å². The van der Waals surface area contributed by atoms with Gasteiger partial charge in [0.15, 0.2) is 11.5 Å². The van der Waals surface area contributed by atoms with Crippen molar-refractivity contribution in [2.24, 2.45) is 0 Å². The van der Waals surface area contributed by atoms with E-state index in [1.165, 1.54) is 26.9 Å². The number of nitrogens with one attached hydrogen (secondary N) is 2. The van der Waals surface area contributed by atoms with Crippen LogP contribution in [0.5, 0.6) is 17.2 Å². The maximum atomic E-state index is 12.8. The van der Waals surface area contributed by atoms with Crippen molar-refractivity contribution < 1.29 is 23.7 Å². The van der Waals surface area contributed by atoms with Crippen LogP contribution >= 0.6 is 11.6 Å². The minimum atomic E-state index is -0.304. The smallest absolute Gasteiger partial charge is 0.319 e. The van der Waals surface area contributed by atoms with E-state index in [1.54, 1.807) is 12.1 Å². The molecule has 2 aromatic rings. The summed E-state index contributed by atoms with van der Waals surface area (Å²) in [5.41, 5.74) is 1.80. The van der Waals surface area contributed by atoms with E-state index in [9.17, 15) is 4.79 Å². The van der Waals surface area contributed by atoms with Gasteiger partial charge < -0.3 is 29.6 Å². The summed E-state index contributed by atoms with van der Waals surface area (Å²) in [7, 11) is 4.62. The van der Waals surface area contributed by atoms with Crippen molar-refractivity contribution in [3.63, 3.8) is 0 Å². The number of amides is 2.